The molecule has 21 heavy (non-hydrogen) atoms. The van der Waals surface area contributed by atoms with Crippen molar-refractivity contribution in [2.45, 2.75) is 12.8 Å². The van der Waals surface area contributed by atoms with E-state index in [1.54, 1.807) is 12.1 Å². The van der Waals surface area contributed by atoms with Crippen LogP contribution in [0.4, 0.5) is 0 Å². The second kappa shape index (κ2) is 7.14. The van der Waals surface area contributed by atoms with Crippen LogP contribution in [-0.4, -0.2) is 19.7 Å². The third-order valence-electron chi connectivity index (χ3n) is 3.17. The molecule has 1 atom stereocenters. The van der Waals surface area contributed by atoms with Crippen molar-refractivity contribution in [1.29, 1.82) is 0 Å². The van der Waals surface area contributed by atoms with Crippen LogP contribution in [0.2, 0.25) is 5.02 Å². The van der Waals surface area contributed by atoms with Crippen LogP contribution in [0.25, 0.3) is 0 Å². The lowest BCUT2D eigenvalue weighted by Crippen LogP contribution is -2.21. The van der Waals surface area contributed by atoms with Gasteiger partial charge in [0.05, 0.1) is 12.1 Å². The molecule has 2 rings (SSSR count). The largest absolute Gasteiger partial charge is 0.491 e. The molecule has 0 spiro atoms. The molecular formula is C17H17ClO3. The molecule has 0 aliphatic heterocycles. The van der Waals surface area contributed by atoms with Crippen LogP contribution in [0.15, 0.2) is 48.5 Å². The Morgan fingerprint density at radius 1 is 1.19 bits per heavy atom. The summed E-state index contributed by atoms with van der Waals surface area (Å²) in [6.45, 7) is 2.16. The molecule has 110 valence electrons. The van der Waals surface area contributed by atoms with Gasteiger partial charge in [-0.15, -0.1) is 0 Å². The van der Waals surface area contributed by atoms with Gasteiger partial charge in [0.15, 0.2) is 0 Å². The van der Waals surface area contributed by atoms with Gasteiger partial charge >= 0.3 is 5.97 Å². The summed E-state index contributed by atoms with van der Waals surface area (Å²) in [4.78, 5) is 12.0. The number of esters is 1. The number of ether oxygens (including phenoxy) is 2. The van der Waals surface area contributed by atoms with E-state index in [1.807, 2.05) is 43.3 Å². The van der Waals surface area contributed by atoms with Crippen LogP contribution < -0.4 is 4.74 Å². The first-order chi connectivity index (χ1) is 10.1. The minimum atomic E-state index is -0.480. The summed E-state index contributed by atoms with van der Waals surface area (Å²) in [5.74, 6) is -0.250. The highest BCUT2D eigenvalue weighted by molar-refractivity contribution is 6.32. The quantitative estimate of drug-likeness (QED) is 0.784. The Morgan fingerprint density at radius 2 is 1.95 bits per heavy atom. The summed E-state index contributed by atoms with van der Waals surface area (Å²) < 4.78 is 10.6. The average Bonchev–Trinajstić information content (AvgIpc) is 2.49. The Bertz CT molecular complexity index is 625. The molecule has 0 aliphatic carbocycles. The number of halogens is 1. The number of hydrogen-bond donors (Lipinski definition) is 0. The van der Waals surface area contributed by atoms with Crippen LogP contribution in [0.5, 0.6) is 5.75 Å². The summed E-state index contributed by atoms with van der Waals surface area (Å²) in [6.07, 6.45) is 0. The van der Waals surface area contributed by atoms with Gasteiger partial charge in [0.25, 0.3) is 0 Å². The fraction of sp³-hybridized carbons (Fsp3) is 0.235. The SMILES string of the molecule is COC(=O)C(COc1ccccc1Cl)c1cccc(C)c1. The third kappa shape index (κ3) is 3.99. The summed E-state index contributed by atoms with van der Waals surface area (Å²) >= 11 is 6.05. The molecule has 3 nitrogen and oxygen atoms in total. The minimum absolute atomic E-state index is 0.180. The highest BCUT2D eigenvalue weighted by Gasteiger charge is 2.22. The maximum Gasteiger partial charge on any atom is 0.316 e. The standard InChI is InChI=1S/C17H17ClO3/c1-12-6-5-7-13(10-12)14(17(19)20-2)11-21-16-9-4-3-8-15(16)18/h3-10,14H,11H2,1-2H3. The second-order valence-corrected chi connectivity index (χ2v) is 5.14. The van der Waals surface area contributed by atoms with Crippen molar-refractivity contribution in [2.75, 3.05) is 13.7 Å². The van der Waals surface area contributed by atoms with Gasteiger partial charge in [-0.05, 0) is 24.6 Å². The molecule has 0 saturated carbocycles. The number of rotatable bonds is 5. The van der Waals surface area contributed by atoms with Gasteiger partial charge in [-0.2, -0.15) is 0 Å². The summed E-state index contributed by atoms with van der Waals surface area (Å²) in [7, 11) is 1.38. The summed E-state index contributed by atoms with van der Waals surface area (Å²) in [6, 6.07) is 14.9. The van der Waals surface area contributed by atoms with Gasteiger partial charge < -0.3 is 9.47 Å². The number of benzene rings is 2. The van der Waals surface area contributed by atoms with Crippen LogP contribution in [0, 0.1) is 6.92 Å². The zero-order chi connectivity index (χ0) is 15.2. The molecule has 0 aliphatic rings. The van der Waals surface area contributed by atoms with Gasteiger partial charge in [-0.3, -0.25) is 4.79 Å². The van der Waals surface area contributed by atoms with Gasteiger partial charge in [0, 0.05) is 0 Å². The third-order valence-corrected chi connectivity index (χ3v) is 3.48. The van der Waals surface area contributed by atoms with Gasteiger partial charge in [0.2, 0.25) is 0 Å². The number of aryl methyl sites for hydroxylation is 1. The van der Waals surface area contributed by atoms with E-state index in [-0.39, 0.29) is 12.6 Å². The zero-order valence-electron chi connectivity index (χ0n) is 12.0. The fourth-order valence-electron chi connectivity index (χ4n) is 2.06. The van der Waals surface area contributed by atoms with Crippen LogP contribution in [0.3, 0.4) is 0 Å². The topological polar surface area (TPSA) is 35.5 Å². The maximum absolute atomic E-state index is 12.0. The molecular weight excluding hydrogens is 288 g/mol. The lowest BCUT2D eigenvalue weighted by Gasteiger charge is -2.17. The number of carbonyl (C=O) groups is 1. The normalized spacial score (nSPS) is 11.8. The number of hydrogen-bond acceptors (Lipinski definition) is 3. The van der Waals surface area contributed by atoms with Crippen molar-refractivity contribution in [1.82, 2.24) is 0 Å². The van der Waals surface area contributed by atoms with Crippen LogP contribution >= 0.6 is 11.6 Å². The van der Waals surface area contributed by atoms with Crippen LogP contribution in [-0.2, 0) is 9.53 Å². The molecule has 0 aromatic heterocycles. The Morgan fingerprint density at radius 3 is 2.62 bits per heavy atom. The molecule has 0 bridgehead atoms. The van der Waals surface area contributed by atoms with E-state index < -0.39 is 5.92 Å². The maximum atomic E-state index is 12.0. The van der Waals surface area contributed by atoms with Crippen molar-refractivity contribution in [3.05, 3.63) is 64.7 Å². The molecule has 1 unspecified atom stereocenters. The predicted molar refractivity (Wildman–Crippen MR) is 82.9 cm³/mol. The zero-order valence-corrected chi connectivity index (χ0v) is 12.8. The molecule has 0 N–H and O–H groups in total. The first-order valence-corrected chi connectivity index (χ1v) is 7.01. The van der Waals surface area contributed by atoms with Crippen molar-refractivity contribution >= 4 is 17.6 Å². The van der Waals surface area contributed by atoms with Gasteiger partial charge in [0.1, 0.15) is 18.3 Å². The van der Waals surface area contributed by atoms with E-state index in [2.05, 4.69) is 0 Å². The highest BCUT2D eigenvalue weighted by Crippen LogP contribution is 2.26. The van der Waals surface area contributed by atoms with E-state index in [0.717, 1.165) is 11.1 Å². The minimum Gasteiger partial charge on any atom is -0.491 e. The smallest absolute Gasteiger partial charge is 0.316 e. The Kier molecular flexibility index (Phi) is 5.23. The van der Waals surface area contributed by atoms with Crippen molar-refractivity contribution in [3.8, 4) is 5.75 Å². The molecule has 0 fully saturated rings. The van der Waals surface area contributed by atoms with Crippen LogP contribution in [0.1, 0.15) is 17.0 Å². The molecule has 2 aromatic carbocycles. The summed E-state index contributed by atoms with van der Waals surface area (Å²) in [5, 5.41) is 0.519. The van der Waals surface area contributed by atoms with E-state index in [0.29, 0.717) is 10.8 Å². The van der Waals surface area contributed by atoms with E-state index in [9.17, 15) is 4.79 Å². The summed E-state index contributed by atoms with van der Waals surface area (Å²) in [5.41, 5.74) is 1.95. The van der Waals surface area contributed by atoms with E-state index in [4.69, 9.17) is 21.1 Å². The molecule has 2 aromatic rings. The molecule has 4 heteroatoms. The van der Waals surface area contributed by atoms with Crippen molar-refractivity contribution in [3.63, 3.8) is 0 Å². The van der Waals surface area contributed by atoms with Gasteiger partial charge in [-0.1, -0.05) is 53.6 Å². The molecule has 0 saturated heterocycles. The molecule has 0 amide bonds. The number of para-hydroxylation sites is 1. The fourth-order valence-corrected chi connectivity index (χ4v) is 2.25. The first-order valence-electron chi connectivity index (χ1n) is 6.63. The second-order valence-electron chi connectivity index (χ2n) is 4.73. The predicted octanol–water partition coefficient (Wildman–Crippen LogP) is 3.98. The Hall–Kier alpha value is -2.00. The van der Waals surface area contributed by atoms with Crippen molar-refractivity contribution in [2.24, 2.45) is 0 Å². The highest BCUT2D eigenvalue weighted by atomic mass is 35.5. The first kappa shape index (κ1) is 15.4. The lowest BCUT2D eigenvalue weighted by molar-refractivity contribution is -0.143. The molecule has 0 radical (unpaired) electrons. The average molecular weight is 305 g/mol. The Balaban J connectivity index is 2.18. The monoisotopic (exact) mass is 304 g/mol. The Labute approximate surface area is 129 Å². The van der Waals surface area contributed by atoms with E-state index >= 15 is 0 Å². The van der Waals surface area contributed by atoms with Crippen molar-refractivity contribution < 1.29 is 14.3 Å². The van der Waals surface area contributed by atoms with Gasteiger partial charge in [-0.25, -0.2) is 0 Å². The lowest BCUT2D eigenvalue weighted by atomic mass is 9.98. The molecule has 0 heterocycles. The number of carbonyl (C=O) groups excluding carboxylic acids is 1. The number of methoxy groups -OCH3 is 1. The van der Waals surface area contributed by atoms with E-state index in [1.165, 1.54) is 7.11 Å².